The number of ether oxygens (including phenoxy) is 2. The SMILES string of the molecule is CC[C@H](Oc1ccccc1Cl)C(=O)Nc1ccccc1C(=O)NC[C@@H]1CCCO1. The van der Waals surface area contributed by atoms with Crippen LogP contribution in [0.5, 0.6) is 5.75 Å². The molecule has 3 rings (SSSR count). The van der Waals surface area contributed by atoms with Gasteiger partial charge in [-0.1, -0.05) is 42.8 Å². The smallest absolute Gasteiger partial charge is 0.265 e. The molecule has 1 aliphatic heterocycles. The highest BCUT2D eigenvalue weighted by atomic mass is 35.5. The molecule has 0 unspecified atom stereocenters. The van der Waals surface area contributed by atoms with Crippen LogP contribution in [-0.2, 0) is 9.53 Å². The molecule has 1 aliphatic rings. The van der Waals surface area contributed by atoms with Gasteiger partial charge in [-0.2, -0.15) is 0 Å². The maximum atomic E-state index is 12.8. The average molecular weight is 417 g/mol. The van der Waals surface area contributed by atoms with Crippen molar-refractivity contribution in [1.29, 1.82) is 0 Å². The first-order valence-corrected chi connectivity index (χ1v) is 10.2. The van der Waals surface area contributed by atoms with Crippen molar-refractivity contribution in [3.05, 3.63) is 59.1 Å². The lowest BCUT2D eigenvalue weighted by Crippen LogP contribution is -2.35. The van der Waals surface area contributed by atoms with Crippen LogP contribution in [0.25, 0.3) is 0 Å². The molecule has 2 aromatic carbocycles. The van der Waals surface area contributed by atoms with E-state index < -0.39 is 6.10 Å². The number of carbonyl (C=O) groups is 2. The van der Waals surface area contributed by atoms with Gasteiger partial charge in [0.05, 0.1) is 22.4 Å². The second-order valence-corrected chi connectivity index (χ2v) is 7.23. The van der Waals surface area contributed by atoms with Gasteiger partial charge in [-0.25, -0.2) is 0 Å². The standard InChI is InChI=1S/C22H25ClN2O4/c1-2-19(29-20-12-6-4-10-17(20)23)22(27)25-18-11-5-3-9-16(18)21(26)24-14-15-8-7-13-28-15/h3-6,9-12,15,19H,2,7-8,13-14H2,1H3,(H,24,26)(H,25,27)/t15-,19-/m0/s1. The van der Waals surface area contributed by atoms with Crippen LogP contribution in [0.15, 0.2) is 48.5 Å². The molecule has 0 saturated carbocycles. The molecule has 0 radical (unpaired) electrons. The molecule has 2 N–H and O–H groups in total. The summed E-state index contributed by atoms with van der Waals surface area (Å²) in [6.07, 6.45) is 1.71. The number of amides is 2. The van der Waals surface area contributed by atoms with Crippen LogP contribution in [-0.4, -0.2) is 37.2 Å². The summed E-state index contributed by atoms with van der Waals surface area (Å²) in [5.41, 5.74) is 0.829. The van der Waals surface area contributed by atoms with Crippen LogP contribution >= 0.6 is 11.6 Å². The van der Waals surface area contributed by atoms with Gasteiger partial charge in [-0.05, 0) is 43.5 Å². The van der Waals surface area contributed by atoms with E-state index in [1.54, 1.807) is 48.5 Å². The molecule has 0 bridgehead atoms. The average Bonchev–Trinajstić information content (AvgIpc) is 3.25. The van der Waals surface area contributed by atoms with Crippen LogP contribution in [0.1, 0.15) is 36.5 Å². The van der Waals surface area contributed by atoms with Crippen molar-refractivity contribution in [2.24, 2.45) is 0 Å². The van der Waals surface area contributed by atoms with E-state index in [0.717, 1.165) is 19.4 Å². The Labute approximate surface area is 175 Å². The van der Waals surface area contributed by atoms with Crippen molar-refractivity contribution in [2.45, 2.75) is 38.4 Å². The summed E-state index contributed by atoms with van der Waals surface area (Å²) >= 11 is 6.13. The van der Waals surface area contributed by atoms with E-state index in [1.165, 1.54) is 0 Å². The second-order valence-electron chi connectivity index (χ2n) is 6.83. The van der Waals surface area contributed by atoms with Gasteiger partial charge in [0.15, 0.2) is 6.10 Å². The second kappa shape index (κ2) is 10.3. The van der Waals surface area contributed by atoms with Gasteiger partial charge in [-0.15, -0.1) is 0 Å². The zero-order valence-electron chi connectivity index (χ0n) is 16.3. The predicted octanol–water partition coefficient (Wildman–Crippen LogP) is 4.04. The Hall–Kier alpha value is -2.57. The molecular formula is C22H25ClN2O4. The minimum Gasteiger partial charge on any atom is -0.479 e. The van der Waals surface area contributed by atoms with E-state index in [-0.39, 0.29) is 17.9 Å². The first kappa shape index (κ1) is 21.1. The third-order valence-corrected chi connectivity index (χ3v) is 5.03. The summed E-state index contributed by atoms with van der Waals surface area (Å²) in [6, 6.07) is 13.9. The van der Waals surface area contributed by atoms with Crippen LogP contribution in [0.3, 0.4) is 0 Å². The molecule has 1 fully saturated rings. The highest BCUT2D eigenvalue weighted by Gasteiger charge is 2.22. The van der Waals surface area contributed by atoms with Gasteiger partial charge in [0.2, 0.25) is 0 Å². The highest BCUT2D eigenvalue weighted by molar-refractivity contribution is 6.32. The minimum atomic E-state index is -0.738. The highest BCUT2D eigenvalue weighted by Crippen LogP contribution is 2.25. The maximum Gasteiger partial charge on any atom is 0.265 e. The molecular weight excluding hydrogens is 392 g/mol. The van der Waals surface area contributed by atoms with Gasteiger partial charge >= 0.3 is 0 Å². The molecule has 154 valence electrons. The summed E-state index contributed by atoms with van der Waals surface area (Å²) in [5.74, 6) is -0.151. The summed E-state index contributed by atoms with van der Waals surface area (Å²) in [5, 5.41) is 6.13. The molecule has 7 heteroatoms. The molecule has 2 aromatic rings. The van der Waals surface area contributed by atoms with E-state index >= 15 is 0 Å². The van der Waals surface area contributed by atoms with Crippen molar-refractivity contribution in [3.63, 3.8) is 0 Å². The fourth-order valence-electron chi connectivity index (χ4n) is 3.13. The monoisotopic (exact) mass is 416 g/mol. The summed E-state index contributed by atoms with van der Waals surface area (Å²) in [6.45, 7) is 3.03. The first-order valence-electron chi connectivity index (χ1n) is 9.79. The van der Waals surface area contributed by atoms with Crippen molar-refractivity contribution in [1.82, 2.24) is 5.32 Å². The largest absolute Gasteiger partial charge is 0.479 e. The van der Waals surface area contributed by atoms with Gasteiger partial charge in [0.1, 0.15) is 5.75 Å². The lowest BCUT2D eigenvalue weighted by atomic mass is 10.1. The topological polar surface area (TPSA) is 76.7 Å². The molecule has 1 heterocycles. The molecule has 0 aliphatic carbocycles. The number of halogens is 1. The van der Waals surface area contributed by atoms with Crippen molar-refractivity contribution < 1.29 is 19.1 Å². The van der Waals surface area contributed by atoms with Gasteiger partial charge in [-0.3, -0.25) is 9.59 Å². The van der Waals surface area contributed by atoms with E-state index in [9.17, 15) is 9.59 Å². The van der Waals surface area contributed by atoms with Crippen LogP contribution in [0, 0.1) is 0 Å². The molecule has 0 spiro atoms. The number of para-hydroxylation sites is 2. The zero-order chi connectivity index (χ0) is 20.6. The minimum absolute atomic E-state index is 0.0502. The Morgan fingerprint density at radius 1 is 1.21 bits per heavy atom. The fourth-order valence-corrected chi connectivity index (χ4v) is 3.31. The number of rotatable bonds is 8. The van der Waals surface area contributed by atoms with Crippen LogP contribution < -0.4 is 15.4 Å². The van der Waals surface area contributed by atoms with Gasteiger partial charge in [0.25, 0.3) is 11.8 Å². The van der Waals surface area contributed by atoms with E-state index in [1.807, 2.05) is 6.92 Å². The molecule has 29 heavy (non-hydrogen) atoms. The van der Waals surface area contributed by atoms with Crippen LogP contribution in [0.4, 0.5) is 5.69 Å². The Bertz CT molecular complexity index is 852. The Balaban J connectivity index is 1.66. The maximum absolute atomic E-state index is 12.8. The van der Waals surface area contributed by atoms with E-state index in [0.29, 0.717) is 35.0 Å². The Morgan fingerprint density at radius 2 is 1.97 bits per heavy atom. The molecule has 0 aromatic heterocycles. The summed E-state index contributed by atoms with van der Waals surface area (Å²) < 4.78 is 11.3. The Morgan fingerprint density at radius 3 is 2.69 bits per heavy atom. The molecule has 6 nitrogen and oxygen atoms in total. The predicted molar refractivity (Wildman–Crippen MR) is 113 cm³/mol. The first-order chi connectivity index (χ1) is 14.1. The molecule has 1 saturated heterocycles. The number of carbonyl (C=O) groups excluding carboxylic acids is 2. The molecule has 2 amide bonds. The van der Waals surface area contributed by atoms with Crippen LogP contribution in [0.2, 0.25) is 5.02 Å². The third kappa shape index (κ3) is 5.71. The van der Waals surface area contributed by atoms with E-state index in [2.05, 4.69) is 10.6 Å². The number of nitrogens with one attached hydrogen (secondary N) is 2. The molecule has 2 atom stereocenters. The fraction of sp³-hybridized carbons (Fsp3) is 0.364. The quantitative estimate of drug-likeness (QED) is 0.680. The van der Waals surface area contributed by atoms with E-state index in [4.69, 9.17) is 21.1 Å². The lowest BCUT2D eigenvalue weighted by molar-refractivity contribution is -0.122. The summed E-state index contributed by atoms with van der Waals surface area (Å²) in [4.78, 5) is 25.4. The number of benzene rings is 2. The van der Waals surface area contributed by atoms with Crippen molar-refractivity contribution in [3.8, 4) is 5.75 Å². The zero-order valence-corrected chi connectivity index (χ0v) is 17.1. The summed E-state index contributed by atoms with van der Waals surface area (Å²) in [7, 11) is 0. The van der Waals surface area contributed by atoms with Crippen molar-refractivity contribution >= 4 is 29.1 Å². The Kier molecular flexibility index (Phi) is 7.49. The van der Waals surface area contributed by atoms with Gasteiger partial charge in [0, 0.05) is 13.2 Å². The van der Waals surface area contributed by atoms with Gasteiger partial charge < -0.3 is 20.1 Å². The van der Waals surface area contributed by atoms with Crippen molar-refractivity contribution in [2.75, 3.05) is 18.5 Å². The number of hydrogen-bond donors (Lipinski definition) is 2. The third-order valence-electron chi connectivity index (χ3n) is 4.71. The normalized spacial score (nSPS) is 16.8. The number of anilines is 1. The number of hydrogen-bond acceptors (Lipinski definition) is 4. The lowest BCUT2D eigenvalue weighted by Gasteiger charge is -2.19.